The van der Waals surface area contributed by atoms with E-state index >= 15 is 0 Å². The van der Waals surface area contributed by atoms with Crippen molar-refractivity contribution in [2.45, 2.75) is 31.1 Å². The van der Waals surface area contributed by atoms with Gasteiger partial charge in [-0.2, -0.15) is 13.2 Å². The lowest BCUT2D eigenvalue weighted by Gasteiger charge is -2.16. The third kappa shape index (κ3) is 6.77. The van der Waals surface area contributed by atoms with Gasteiger partial charge in [0, 0.05) is 21.2 Å². The summed E-state index contributed by atoms with van der Waals surface area (Å²) in [5.74, 6) is -2.19. The van der Waals surface area contributed by atoms with Gasteiger partial charge in [-0.1, -0.05) is 0 Å². The number of hydrogen-bond acceptors (Lipinski definition) is 5. The molecule has 18 heavy (non-hydrogen) atoms. The maximum absolute atomic E-state index is 12.1. The standard InChI is InChI=1S/C8H16F3N3O3S/c9-8(10,11)6(13)2-4-18(14,17)3-1-5(12)7(15)16/h5-6,14H,1-4,12-13H2,(H,15,16)/t5-,6?,18?/m0/s1. The minimum atomic E-state index is -4.59. The molecule has 0 aromatic heterocycles. The number of halogens is 3. The Balaban J connectivity index is 4.22. The molecule has 6 N–H and O–H groups in total. The molecule has 0 aromatic carbocycles. The lowest BCUT2D eigenvalue weighted by Crippen LogP contribution is -2.39. The molecule has 0 bridgehead atoms. The van der Waals surface area contributed by atoms with Crippen LogP contribution in [0.3, 0.4) is 0 Å². The van der Waals surface area contributed by atoms with Crippen molar-refractivity contribution in [3.63, 3.8) is 0 Å². The number of hydrogen-bond donors (Lipinski definition) is 4. The second-order valence-corrected chi connectivity index (χ2v) is 6.33. The number of carboxylic acid groups (broad SMARTS) is 1. The van der Waals surface area contributed by atoms with Crippen molar-refractivity contribution in [3.8, 4) is 0 Å². The molecule has 0 saturated carbocycles. The van der Waals surface area contributed by atoms with Crippen LogP contribution >= 0.6 is 0 Å². The molecule has 3 atom stereocenters. The first-order chi connectivity index (χ1) is 7.96. The van der Waals surface area contributed by atoms with Crippen molar-refractivity contribution in [1.29, 1.82) is 4.78 Å². The van der Waals surface area contributed by atoms with E-state index in [9.17, 15) is 22.2 Å². The summed E-state index contributed by atoms with van der Waals surface area (Å²) in [6, 6.07) is -3.40. The second-order valence-electron chi connectivity index (χ2n) is 3.89. The van der Waals surface area contributed by atoms with Crippen molar-refractivity contribution in [3.05, 3.63) is 0 Å². The highest BCUT2D eigenvalue weighted by Gasteiger charge is 2.36. The highest BCUT2D eigenvalue weighted by Crippen LogP contribution is 2.21. The number of carbonyl (C=O) groups is 1. The lowest BCUT2D eigenvalue weighted by molar-refractivity contribution is -0.147. The Bertz CT molecular complexity index is 383. The van der Waals surface area contributed by atoms with Crippen LogP contribution in [0.5, 0.6) is 0 Å². The van der Waals surface area contributed by atoms with E-state index in [-0.39, 0.29) is 12.2 Å². The van der Waals surface area contributed by atoms with Crippen LogP contribution in [-0.2, 0) is 14.5 Å². The summed E-state index contributed by atoms with van der Waals surface area (Å²) < 4.78 is 55.1. The van der Waals surface area contributed by atoms with Gasteiger partial charge in [0.05, 0.1) is 0 Å². The largest absolute Gasteiger partial charge is 0.480 e. The molecular weight excluding hydrogens is 275 g/mol. The highest BCUT2D eigenvalue weighted by atomic mass is 32.2. The first-order valence-electron chi connectivity index (χ1n) is 5.00. The summed E-state index contributed by atoms with van der Waals surface area (Å²) in [7, 11) is -3.29. The molecule has 0 amide bonds. The summed E-state index contributed by atoms with van der Waals surface area (Å²) in [5, 5.41) is 8.46. The Labute approximate surface area is 102 Å². The Morgan fingerprint density at radius 2 is 1.72 bits per heavy atom. The fourth-order valence-corrected chi connectivity index (χ4v) is 2.50. The van der Waals surface area contributed by atoms with Gasteiger partial charge in [0.1, 0.15) is 12.1 Å². The number of carboxylic acids is 1. The smallest absolute Gasteiger partial charge is 0.403 e. The Morgan fingerprint density at radius 3 is 2.11 bits per heavy atom. The molecule has 0 saturated heterocycles. The Kier molecular flexibility index (Phi) is 6.04. The molecule has 0 heterocycles. The Hall–Kier alpha value is -0.870. The molecule has 0 aliphatic rings. The van der Waals surface area contributed by atoms with Crippen LogP contribution in [0.4, 0.5) is 13.2 Å². The summed E-state index contributed by atoms with van der Waals surface area (Å²) in [5.41, 5.74) is 9.95. The molecule has 6 nitrogen and oxygen atoms in total. The first kappa shape index (κ1) is 17.1. The average molecular weight is 291 g/mol. The predicted molar refractivity (Wildman–Crippen MR) is 59.5 cm³/mol. The van der Waals surface area contributed by atoms with Gasteiger partial charge in [0.2, 0.25) is 0 Å². The summed E-state index contributed by atoms with van der Waals surface area (Å²) in [6.45, 7) is 0. The monoisotopic (exact) mass is 291 g/mol. The van der Waals surface area contributed by atoms with Crippen molar-refractivity contribution < 1.29 is 27.3 Å². The quantitative estimate of drug-likeness (QED) is 0.529. The van der Waals surface area contributed by atoms with Crippen LogP contribution in [0, 0.1) is 4.78 Å². The maximum atomic E-state index is 12.1. The van der Waals surface area contributed by atoms with E-state index in [1.54, 1.807) is 0 Å². The van der Waals surface area contributed by atoms with Crippen LogP contribution in [0.25, 0.3) is 0 Å². The van der Waals surface area contributed by atoms with E-state index in [0.717, 1.165) is 0 Å². The van der Waals surface area contributed by atoms with E-state index in [1.165, 1.54) is 0 Å². The zero-order valence-corrected chi connectivity index (χ0v) is 10.3. The number of alkyl halides is 3. The van der Waals surface area contributed by atoms with Crippen LogP contribution < -0.4 is 11.5 Å². The molecule has 0 spiro atoms. The van der Waals surface area contributed by atoms with E-state index in [4.69, 9.17) is 21.4 Å². The van der Waals surface area contributed by atoms with Gasteiger partial charge in [-0.05, 0) is 12.8 Å². The number of nitrogens with two attached hydrogens (primary N) is 2. The van der Waals surface area contributed by atoms with Crippen molar-refractivity contribution >= 4 is 15.7 Å². The Morgan fingerprint density at radius 1 is 1.28 bits per heavy atom. The molecule has 0 aromatic rings. The van der Waals surface area contributed by atoms with Gasteiger partial charge >= 0.3 is 12.1 Å². The third-order valence-corrected chi connectivity index (χ3v) is 4.05. The van der Waals surface area contributed by atoms with Gasteiger partial charge in [-0.3, -0.25) is 9.57 Å². The lowest BCUT2D eigenvalue weighted by atomic mass is 10.2. The molecule has 2 unspecified atom stereocenters. The number of rotatable bonds is 7. The van der Waals surface area contributed by atoms with Crippen molar-refractivity contribution in [1.82, 2.24) is 0 Å². The SMILES string of the molecule is N=S(=O)(CCC(N)C(F)(F)F)CC[C@H](N)C(=O)O. The second kappa shape index (κ2) is 6.34. The van der Waals surface area contributed by atoms with Crippen LogP contribution in [-0.4, -0.2) is 45.1 Å². The van der Waals surface area contributed by atoms with E-state index in [0.29, 0.717) is 0 Å². The number of aliphatic carboxylic acids is 1. The fraction of sp³-hybridized carbons (Fsp3) is 0.875. The molecule has 10 heteroatoms. The predicted octanol–water partition coefficient (Wildman–Crippen LogP) is 0.115. The molecule has 0 aliphatic heterocycles. The summed E-state index contributed by atoms with van der Waals surface area (Å²) >= 11 is 0. The average Bonchev–Trinajstić information content (AvgIpc) is 2.21. The summed E-state index contributed by atoms with van der Waals surface area (Å²) in [4.78, 5) is 10.4. The molecule has 108 valence electrons. The minimum Gasteiger partial charge on any atom is -0.480 e. The molecule has 0 aliphatic carbocycles. The number of nitrogens with one attached hydrogen (secondary N) is 1. The van der Waals surface area contributed by atoms with Gasteiger partial charge < -0.3 is 16.6 Å². The van der Waals surface area contributed by atoms with Crippen molar-refractivity contribution in [2.24, 2.45) is 11.5 Å². The van der Waals surface area contributed by atoms with Gasteiger partial charge in [-0.25, -0.2) is 4.21 Å². The zero-order valence-electron chi connectivity index (χ0n) is 9.44. The van der Waals surface area contributed by atoms with Crippen molar-refractivity contribution in [2.75, 3.05) is 11.5 Å². The van der Waals surface area contributed by atoms with E-state index in [2.05, 4.69) is 0 Å². The summed E-state index contributed by atoms with van der Waals surface area (Å²) in [6.07, 6.45) is -5.44. The maximum Gasteiger partial charge on any atom is 0.403 e. The molecule has 0 fully saturated rings. The third-order valence-electron chi connectivity index (χ3n) is 2.25. The molecule has 0 rings (SSSR count). The topological polar surface area (TPSA) is 130 Å². The van der Waals surface area contributed by atoms with E-state index < -0.39 is 46.1 Å². The van der Waals surface area contributed by atoms with Crippen LogP contribution in [0.1, 0.15) is 12.8 Å². The fourth-order valence-electron chi connectivity index (χ4n) is 1.02. The molecule has 0 radical (unpaired) electrons. The van der Waals surface area contributed by atoms with E-state index in [1.807, 2.05) is 0 Å². The molecular formula is C8H16F3N3O3S. The zero-order chi connectivity index (χ0) is 14.6. The van der Waals surface area contributed by atoms with Gasteiger partial charge in [0.15, 0.2) is 0 Å². The van der Waals surface area contributed by atoms with Gasteiger partial charge in [-0.15, -0.1) is 0 Å². The first-order valence-corrected chi connectivity index (χ1v) is 6.90. The highest BCUT2D eigenvalue weighted by molar-refractivity contribution is 7.92. The minimum absolute atomic E-state index is 0.223. The van der Waals surface area contributed by atoms with Crippen LogP contribution in [0.2, 0.25) is 0 Å². The van der Waals surface area contributed by atoms with Crippen LogP contribution in [0.15, 0.2) is 0 Å². The normalized spacial score (nSPS) is 18.9. The van der Waals surface area contributed by atoms with Gasteiger partial charge in [0.25, 0.3) is 0 Å².